The minimum absolute atomic E-state index is 0.238. The van der Waals surface area contributed by atoms with E-state index >= 15 is 0 Å². The third-order valence-electron chi connectivity index (χ3n) is 2.38. The van der Waals surface area contributed by atoms with Crippen LogP contribution >= 0.6 is 0 Å². The molecule has 102 valence electrons. The Morgan fingerprint density at radius 2 is 2.20 bits per heavy atom. The average molecular weight is 278 g/mol. The van der Waals surface area contributed by atoms with Gasteiger partial charge < -0.3 is 13.8 Å². The van der Waals surface area contributed by atoms with Crippen molar-refractivity contribution in [3.8, 4) is 0 Å². The molecule has 2 aromatic heterocycles. The van der Waals surface area contributed by atoms with E-state index in [1.54, 1.807) is 6.20 Å². The monoisotopic (exact) mass is 278 g/mol. The molecule has 0 bridgehead atoms. The quantitative estimate of drug-likeness (QED) is 0.733. The molecule has 4 heterocycles. The van der Waals surface area contributed by atoms with Crippen LogP contribution in [0, 0.1) is 0 Å². The van der Waals surface area contributed by atoms with Crippen LogP contribution in [0.15, 0.2) is 39.8 Å². The van der Waals surface area contributed by atoms with Crippen molar-refractivity contribution < 1.29 is 18.7 Å². The Balaban J connectivity index is 1.52. The van der Waals surface area contributed by atoms with E-state index in [0.29, 0.717) is 17.4 Å². The number of anilines is 1. The van der Waals surface area contributed by atoms with Gasteiger partial charge in [0.05, 0.1) is 12.4 Å². The zero-order valence-corrected chi connectivity index (χ0v) is 9.63. The normalized spacial score (nSPS) is 17.4. The minimum atomic E-state index is 0.238. The first-order valence-corrected chi connectivity index (χ1v) is 5.32. The number of hydrazine groups is 1. The molecule has 0 saturated heterocycles. The average Bonchev–Trinajstić information content (AvgIpc) is 3.23. The molecule has 12 nitrogen and oxygen atoms in total. The van der Waals surface area contributed by atoms with Gasteiger partial charge in [-0.2, -0.15) is 0 Å². The van der Waals surface area contributed by atoms with E-state index in [4.69, 9.17) is 14.2 Å². The van der Waals surface area contributed by atoms with Crippen molar-refractivity contribution in [2.45, 2.75) is 0 Å². The summed E-state index contributed by atoms with van der Waals surface area (Å²) in [5.74, 6) is 1.38. The van der Waals surface area contributed by atoms with Gasteiger partial charge in [0.2, 0.25) is 23.8 Å². The largest absolute Gasteiger partial charge is 0.421 e. The molecule has 0 unspecified atom stereocenters. The Bertz CT molecular complexity index is 650. The zero-order chi connectivity index (χ0) is 13.4. The number of hydrogen-bond acceptors (Lipinski definition) is 12. The van der Waals surface area contributed by atoms with Crippen molar-refractivity contribution >= 4 is 11.6 Å². The summed E-state index contributed by atoms with van der Waals surface area (Å²) in [6, 6.07) is 0. The lowest BCUT2D eigenvalue weighted by Crippen LogP contribution is -2.36. The number of aromatic nitrogens is 4. The highest BCUT2D eigenvalue weighted by atomic mass is 16.8. The first kappa shape index (κ1) is 10.6. The van der Waals surface area contributed by atoms with Gasteiger partial charge in [-0.3, -0.25) is 5.43 Å². The number of nitrogens with zero attached hydrogens (tertiary/aromatic N) is 6. The third-order valence-corrected chi connectivity index (χ3v) is 2.38. The number of hydroxylamine groups is 3. The molecule has 0 fully saturated rings. The van der Waals surface area contributed by atoms with Crippen LogP contribution in [0.1, 0.15) is 5.89 Å². The number of hydrogen-bond donors (Lipinski definition) is 2. The standard InChI is InChI=1S/C8H6N8O4/c1-5(8-13-9-4-17-8)19-16(10-1)7-2-11-20-15(7)6-3-18-14-12-6/h1-4,10-11H. The van der Waals surface area contributed by atoms with Crippen molar-refractivity contribution in [1.29, 1.82) is 0 Å². The summed E-state index contributed by atoms with van der Waals surface area (Å²) in [6.45, 7) is 0. The van der Waals surface area contributed by atoms with Gasteiger partial charge in [-0.1, -0.05) is 10.3 Å². The molecule has 0 aliphatic carbocycles. The van der Waals surface area contributed by atoms with E-state index in [1.807, 2.05) is 0 Å². The summed E-state index contributed by atoms with van der Waals surface area (Å²) in [5.41, 5.74) is 5.40. The Morgan fingerprint density at radius 1 is 1.20 bits per heavy atom. The van der Waals surface area contributed by atoms with Crippen LogP contribution in [0.4, 0.5) is 5.82 Å². The lowest BCUT2D eigenvalue weighted by atomic mass is 10.5. The fraction of sp³-hybridized carbons (Fsp3) is 0. The van der Waals surface area contributed by atoms with E-state index in [0.717, 1.165) is 0 Å². The SMILES string of the molecule is C1=C(c2nnco2)ON(C2=CNON2c2conn2)N1. The van der Waals surface area contributed by atoms with Gasteiger partial charge in [-0.25, -0.2) is 5.48 Å². The molecular formula is C8H6N8O4. The molecule has 2 aromatic rings. The molecule has 0 spiro atoms. The number of nitrogens with one attached hydrogen (secondary N) is 2. The van der Waals surface area contributed by atoms with Gasteiger partial charge in [0.15, 0.2) is 6.26 Å². The first-order valence-electron chi connectivity index (χ1n) is 5.32. The first-order chi connectivity index (χ1) is 9.92. The molecule has 0 saturated carbocycles. The third kappa shape index (κ3) is 1.59. The highest BCUT2D eigenvalue weighted by molar-refractivity contribution is 5.51. The van der Waals surface area contributed by atoms with E-state index in [1.165, 1.54) is 29.1 Å². The second-order valence-electron chi connectivity index (χ2n) is 3.54. The van der Waals surface area contributed by atoms with Gasteiger partial charge in [0.25, 0.3) is 5.89 Å². The Kier molecular flexibility index (Phi) is 2.19. The lowest BCUT2D eigenvalue weighted by molar-refractivity contribution is -0.0792. The molecule has 12 heteroatoms. The molecule has 0 radical (unpaired) electrons. The van der Waals surface area contributed by atoms with E-state index in [2.05, 4.69) is 36.0 Å². The fourth-order valence-corrected chi connectivity index (χ4v) is 1.55. The van der Waals surface area contributed by atoms with Crippen LogP contribution < -0.4 is 16.0 Å². The summed E-state index contributed by atoms with van der Waals surface area (Å²) < 4.78 is 9.68. The van der Waals surface area contributed by atoms with Gasteiger partial charge >= 0.3 is 0 Å². The van der Waals surface area contributed by atoms with Crippen LogP contribution in [0.2, 0.25) is 0 Å². The molecule has 2 aliphatic heterocycles. The van der Waals surface area contributed by atoms with Gasteiger partial charge in [-0.15, -0.1) is 20.2 Å². The van der Waals surface area contributed by atoms with Gasteiger partial charge in [-0.05, 0) is 0 Å². The van der Waals surface area contributed by atoms with Crippen molar-refractivity contribution in [3.63, 3.8) is 0 Å². The van der Waals surface area contributed by atoms with Crippen LogP contribution in [0.3, 0.4) is 0 Å². The topological polar surface area (TPSA) is 127 Å². The summed E-state index contributed by atoms with van der Waals surface area (Å²) >= 11 is 0. The summed E-state index contributed by atoms with van der Waals surface area (Å²) in [7, 11) is 0. The highest BCUT2D eigenvalue weighted by Gasteiger charge is 2.32. The van der Waals surface area contributed by atoms with Crippen molar-refractivity contribution in [1.82, 2.24) is 36.6 Å². The van der Waals surface area contributed by atoms with Crippen molar-refractivity contribution in [2.24, 2.45) is 0 Å². The molecule has 2 aliphatic rings. The smallest absolute Gasteiger partial charge is 0.287 e. The second kappa shape index (κ2) is 4.13. The Hall–Kier alpha value is -3.28. The minimum Gasteiger partial charge on any atom is -0.421 e. The maximum Gasteiger partial charge on any atom is 0.287 e. The molecule has 0 aromatic carbocycles. The van der Waals surface area contributed by atoms with Gasteiger partial charge in [0.1, 0.15) is 0 Å². The van der Waals surface area contributed by atoms with Gasteiger partial charge in [0, 0.05) is 5.27 Å². The summed E-state index contributed by atoms with van der Waals surface area (Å²) in [4.78, 5) is 10.6. The molecule has 4 rings (SSSR count). The molecule has 0 atom stereocenters. The maximum atomic E-state index is 5.50. The van der Waals surface area contributed by atoms with E-state index in [-0.39, 0.29) is 5.89 Å². The molecule has 2 N–H and O–H groups in total. The predicted molar refractivity (Wildman–Crippen MR) is 57.4 cm³/mol. The van der Waals surface area contributed by atoms with Crippen LogP contribution in [-0.4, -0.2) is 25.7 Å². The van der Waals surface area contributed by atoms with Crippen molar-refractivity contribution in [2.75, 3.05) is 5.06 Å². The maximum absolute atomic E-state index is 5.50. The van der Waals surface area contributed by atoms with E-state index < -0.39 is 0 Å². The lowest BCUT2D eigenvalue weighted by Gasteiger charge is -2.22. The van der Waals surface area contributed by atoms with Crippen LogP contribution in [0.25, 0.3) is 5.76 Å². The van der Waals surface area contributed by atoms with Crippen LogP contribution in [0.5, 0.6) is 0 Å². The second-order valence-corrected chi connectivity index (χ2v) is 3.54. The molecule has 0 amide bonds. The van der Waals surface area contributed by atoms with Crippen molar-refractivity contribution in [3.05, 3.63) is 36.8 Å². The Labute approximate surface area is 110 Å². The highest BCUT2D eigenvalue weighted by Crippen LogP contribution is 2.26. The summed E-state index contributed by atoms with van der Waals surface area (Å²) in [5, 5.41) is 17.0. The fourth-order valence-electron chi connectivity index (χ4n) is 1.55. The number of rotatable bonds is 3. The van der Waals surface area contributed by atoms with Crippen LogP contribution in [-0.2, 0) is 9.78 Å². The molecule has 20 heavy (non-hydrogen) atoms. The zero-order valence-electron chi connectivity index (χ0n) is 9.63. The summed E-state index contributed by atoms with van der Waals surface area (Å²) in [6.07, 6.45) is 5.59. The van der Waals surface area contributed by atoms with E-state index in [9.17, 15) is 0 Å². The predicted octanol–water partition coefficient (Wildman–Crippen LogP) is -0.742. The molecular weight excluding hydrogens is 272 g/mol. The Morgan fingerprint density at radius 3 is 3.00 bits per heavy atom.